The lowest BCUT2D eigenvalue weighted by Gasteiger charge is -2.13. The van der Waals surface area contributed by atoms with Gasteiger partial charge in [-0.1, -0.05) is 42.5 Å². The monoisotopic (exact) mass is 437 g/mol. The minimum absolute atomic E-state index is 0.0451. The highest BCUT2D eigenvalue weighted by molar-refractivity contribution is 6.12. The van der Waals surface area contributed by atoms with Crippen molar-refractivity contribution < 1.29 is 14.3 Å². The molecule has 0 aliphatic rings. The molecule has 0 aliphatic heterocycles. The third-order valence-electron chi connectivity index (χ3n) is 5.26. The Hall–Kier alpha value is -4.70. The summed E-state index contributed by atoms with van der Waals surface area (Å²) in [5.41, 5.74) is 1.09. The Balaban J connectivity index is 1.79. The number of benzene rings is 2. The summed E-state index contributed by atoms with van der Waals surface area (Å²) in [6.07, 6.45) is 2.82. The second-order valence-corrected chi connectivity index (χ2v) is 7.29. The van der Waals surface area contributed by atoms with Crippen LogP contribution < -0.4 is 5.56 Å². The summed E-state index contributed by atoms with van der Waals surface area (Å²) in [7, 11) is 0. The molecule has 162 valence electrons. The Morgan fingerprint density at radius 2 is 1.85 bits per heavy atom. The number of aromatic hydroxyl groups is 1. The average Bonchev–Trinajstić information content (AvgIpc) is 3.36. The lowest BCUT2D eigenvalue weighted by atomic mass is 10.0. The van der Waals surface area contributed by atoms with Crippen LogP contribution in [0.2, 0.25) is 0 Å². The number of furan rings is 1. The van der Waals surface area contributed by atoms with E-state index in [-0.39, 0.29) is 29.3 Å². The molecular formula is C26H19N3O4. The number of nitrogens with zero attached hydrogens (tertiary/aromatic N) is 3. The van der Waals surface area contributed by atoms with Gasteiger partial charge in [-0.05, 0) is 36.8 Å². The minimum atomic E-state index is -0.624. The van der Waals surface area contributed by atoms with Crippen LogP contribution in [0.5, 0.6) is 5.88 Å². The first-order valence-corrected chi connectivity index (χ1v) is 10.1. The van der Waals surface area contributed by atoms with Crippen molar-refractivity contribution in [3.63, 3.8) is 0 Å². The maximum atomic E-state index is 13.0. The molecule has 0 radical (unpaired) electrons. The van der Waals surface area contributed by atoms with E-state index in [1.165, 1.54) is 12.5 Å². The molecule has 4 aromatic rings. The Morgan fingerprint density at radius 3 is 2.55 bits per heavy atom. The summed E-state index contributed by atoms with van der Waals surface area (Å²) < 4.78 is 6.34. The van der Waals surface area contributed by atoms with E-state index in [1.54, 1.807) is 67.6 Å². The highest BCUT2D eigenvalue weighted by Gasteiger charge is 2.19. The highest BCUT2D eigenvalue weighted by atomic mass is 16.3. The number of hydrogen-bond acceptors (Lipinski definition) is 6. The van der Waals surface area contributed by atoms with Gasteiger partial charge < -0.3 is 9.52 Å². The molecule has 4 rings (SSSR count). The number of rotatable bonds is 6. The van der Waals surface area contributed by atoms with Crippen LogP contribution in [0.15, 0.2) is 87.2 Å². The number of carbonyl (C=O) groups is 1. The number of aliphatic imine (C=N–C) groups is 1. The molecule has 33 heavy (non-hydrogen) atoms. The van der Waals surface area contributed by atoms with Gasteiger partial charge in [0.1, 0.15) is 17.4 Å². The number of hydrogen-bond donors (Lipinski definition) is 1. The minimum Gasteiger partial charge on any atom is -0.494 e. The molecule has 0 bridgehead atoms. The van der Waals surface area contributed by atoms with Gasteiger partial charge in [-0.15, -0.1) is 0 Å². The third-order valence-corrected chi connectivity index (χ3v) is 5.26. The van der Waals surface area contributed by atoms with Crippen LogP contribution in [0.3, 0.4) is 0 Å². The molecule has 0 spiro atoms. The van der Waals surface area contributed by atoms with Crippen LogP contribution in [0.1, 0.15) is 38.4 Å². The fourth-order valence-corrected chi connectivity index (χ4v) is 3.49. The molecule has 0 aliphatic carbocycles. The van der Waals surface area contributed by atoms with Crippen molar-refractivity contribution in [2.24, 2.45) is 4.99 Å². The lowest BCUT2D eigenvalue weighted by molar-refractivity contribution is 0.103. The second-order valence-electron chi connectivity index (χ2n) is 7.29. The third kappa shape index (κ3) is 4.23. The smallest absolute Gasteiger partial charge is 0.271 e. The van der Waals surface area contributed by atoms with Crippen LogP contribution in [0.25, 0.3) is 0 Å². The maximum absolute atomic E-state index is 13.0. The van der Waals surface area contributed by atoms with Crippen molar-refractivity contribution in [2.45, 2.75) is 13.5 Å². The Kier molecular flexibility index (Phi) is 6.00. The van der Waals surface area contributed by atoms with Gasteiger partial charge in [-0.3, -0.25) is 19.1 Å². The molecule has 0 fully saturated rings. The van der Waals surface area contributed by atoms with Gasteiger partial charge in [0.15, 0.2) is 5.78 Å². The number of nitriles is 1. The van der Waals surface area contributed by atoms with Gasteiger partial charge in [-0.25, -0.2) is 0 Å². The van der Waals surface area contributed by atoms with Crippen LogP contribution in [0, 0.1) is 18.3 Å². The van der Waals surface area contributed by atoms with E-state index in [4.69, 9.17) is 4.42 Å². The van der Waals surface area contributed by atoms with Gasteiger partial charge in [0, 0.05) is 17.3 Å². The molecule has 2 aromatic heterocycles. The van der Waals surface area contributed by atoms with Crippen LogP contribution >= 0.6 is 0 Å². The van der Waals surface area contributed by atoms with Crippen molar-refractivity contribution in [1.82, 2.24) is 4.57 Å². The standard InChI is InChI=1S/C26H19N3O4/c1-17-21(14-27)25(31)29(16-19-10-7-13-33-19)26(32)22(17)15-28-23-12-6-5-11-20(23)24(30)18-8-3-2-4-9-18/h2-13,15,32H,16H2,1H3. The van der Waals surface area contributed by atoms with Crippen molar-refractivity contribution in [3.8, 4) is 11.9 Å². The summed E-state index contributed by atoms with van der Waals surface area (Å²) in [5, 5.41) is 20.4. The molecule has 2 heterocycles. The van der Waals surface area contributed by atoms with Gasteiger partial charge in [0.05, 0.1) is 24.1 Å². The van der Waals surface area contributed by atoms with E-state index < -0.39 is 5.56 Å². The number of carbonyl (C=O) groups excluding carboxylic acids is 1. The molecule has 0 atom stereocenters. The normalized spacial score (nSPS) is 10.9. The Morgan fingerprint density at radius 1 is 1.12 bits per heavy atom. The first kappa shape index (κ1) is 21.5. The number of para-hydroxylation sites is 1. The first-order valence-electron chi connectivity index (χ1n) is 10.1. The van der Waals surface area contributed by atoms with E-state index in [0.717, 1.165) is 4.57 Å². The van der Waals surface area contributed by atoms with Gasteiger partial charge in [0.25, 0.3) is 5.56 Å². The topological polar surface area (TPSA) is 109 Å². The molecule has 0 saturated carbocycles. The molecular weight excluding hydrogens is 418 g/mol. The Labute approximate surface area is 189 Å². The van der Waals surface area contributed by atoms with E-state index in [1.807, 2.05) is 12.1 Å². The fourth-order valence-electron chi connectivity index (χ4n) is 3.49. The summed E-state index contributed by atoms with van der Waals surface area (Å²) in [6, 6.07) is 20.9. The van der Waals surface area contributed by atoms with Crippen LogP contribution in [-0.4, -0.2) is 21.7 Å². The molecule has 0 amide bonds. The molecule has 0 unspecified atom stereocenters. The number of ketones is 1. The summed E-state index contributed by atoms with van der Waals surface area (Å²) in [6.45, 7) is 1.52. The largest absolute Gasteiger partial charge is 0.494 e. The molecule has 7 nitrogen and oxygen atoms in total. The van der Waals surface area contributed by atoms with Crippen LogP contribution in [-0.2, 0) is 6.54 Å². The first-order chi connectivity index (χ1) is 16.0. The van der Waals surface area contributed by atoms with E-state index in [9.17, 15) is 20.0 Å². The van der Waals surface area contributed by atoms with Crippen molar-refractivity contribution in [3.05, 3.63) is 117 Å². The van der Waals surface area contributed by atoms with E-state index >= 15 is 0 Å². The zero-order valence-electron chi connectivity index (χ0n) is 17.7. The predicted molar refractivity (Wildman–Crippen MR) is 123 cm³/mol. The molecule has 1 N–H and O–H groups in total. The highest BCUT2D eigenvalue weighted by Crippen LogP contribution is 2.25. The molecule has 7 heteroatoms. The van der Waals surface area contributed by atoms with Gasteiger partial charge in [-0.2, -0.15) is 5.26 Å². The number of pyridine rings is 1. The SMILES string of the molecule is Cc1c(C=Nc2ccccc2C(=O)c2ccccc2)c(O)n(Cc2ccco2)c(=O)c1C#N. The van der Waals surface area contributed by atoms with Crippen molar-refractivity contribution in [1.29, 1.82) is 5.26 Å². The fraction of sp³-hybridized carbons (Fsp3) is 0.0769. The average molecular weight is 437 g/mol. The summed E-state index contributed by atoms with van der Waals surface area (Å²) >= 11 is 0. The van der Waals surface area contributed by atoms with E-state index in [0.29, 0.717) is 28.1 Å². The van der Waals surface area contributed by atoms with Crippen molar-refractivity contribution in [2.75, 3.05) is 0 Å². The Bertz CT molecular complexity index is 1440. The summed E-state index contributed by atoms with van der Waals surface area (Å²) in [4.78, 5) is 30.1. The second kappa shape index (κ2) is 9.20. The van der Waals surface area contributed by atoms with Gasteiger partial charge in [0.2, 0.25) is 5.88 Å². The molecule has 0 saturated heterocycles. The lowest BCUT2D eigenvalue weighted by Crippen LogP contribution is -2.25. The summed E-state index contributed by atoms with van der Waals surface area (Å²) in [5.74, 6) is -0.0878. The zero-order valence-corrected chi connectivity index (χ0v) is 17.7. The predicted octanol–water partition coefficient (Wildman–Crippen LogP) is 4.36. The molecule has 2 aromatic carbocycles. The number of aromatic nitrogens is 1. The van der Waals surface area contributed by atoms with Crippen molar-refractivity contribution >= 4 is 17.7 Å². The van der Waals surface area contributed by atoms with Gasteiger partial charge >= 0.3 is 0 Å². The van der Waals surface area contributed by atoms with Crippen LogP contribution in [0.4, 0.5) is 5.69 Å². The zero-order chi connectivity index (χ0) is 23.4. The maximum Gasteiger partial charge on any atom is 0.271 e. The quantitative estimate of drug-likeness (QED) is 0.356. The van der Waals surface area contributed by atoms with E-state index in [2.05, 4.69) is 4.99 Å².